The van der Waals surface area contributed by atoms with Crippen molar-refractivity contribution in [3.05, 3.63) is 12.2 Å². The van der Waals surface area contributed by atoms with Crippen molar-refractivity contribution in [2.45, 2.75) is 32.1 Å². The number of hydrogen-bond donors (Lipinski definition) is 1. The fourth-order valence-corrected chi connectivity index (χ4v) is 1.63. The zero-order valence-electron chi connectivity index (χ0n) is 6.96. The molecular formula is C9H17NO. The molecule has 11 heavy (non-hydrogen) atoms. The molecule has 0 aromatic carbocycles. The van der Waals surface area contributed by atoms with Gasteiger partial charge >= 0.3 is 0 Å². The second-order valence-corrected chi connectivity index (χ2v) is 3.16. The predicted octanol–water partition coefficient (Wildman–Crippen LogP) is 2.01. The molecule has 0 atom stereocenters. The third-order valence-corrected chi connectivity index (χ3v) is 2.25. The maximum absolute atomic E-state index is 4.89. The zero-order valence-corrected chi connectivity index (χ0v) is 6.96. The van der Waals surface area contributed by atoms with Crippen molar-refractivity contribution in [3.63, 3.8) is 0 Å². The molecule has 0 unspecified atom stereocenters. The monoisotopic (exact) mass is 155 g/mol. The topological polar surface area (TPSA) is 35.2 Å². The summed E-state index contributed by atoms with van der Waals surface area (Å²) in [7, 11) is 0. The quantitative estimate of drug-likeness (QED) is 0.500. The fourth-order valence-electron chi connectivity index (χ4n) is 1.63. The second-order valence-electron chi connectivity index (χ2n) is 3.16. The highest BCUT2D eigenvalue weighted by Crippen LogP contribution is 2.24. The van der Waals surface area contributed by atoms with Crippen LogP contribution in [-0.4, -0.2) is 6.61 Å². The zero-order chi connectivity index (χ0) is 7.94. The summed E-state index contributed by atoms with van der Waals surface area (Å²) >= 11 is 0. The van der Waals surface area contributed by atoms with Crippen molar-refractivity contribution >= 4 is 0 Å². The van der Waals surface area contributed by atoms with Crippen LogP contribution in [0.2, 0.25) is 0 Å². The first kappa shape index (κ1) is 8.75. The molecule has 1 aliphatic rings. The minimum absolute atomic E-state index is 0.552. The van der Waals surface area contributed by atoms with Crippen LogP contribution in [0.5, 0.6) is 0 Å². The predicted molar refractivity (Wildman–Crippen MR) is 45.9 cm³/mol. The fraction of sp³-hybridized carbons (Fsp3) is 0.778. The first-order chi connectivity index (χ1) is 5.43. The van der Waals surface area contributed by atoms with E-state index in [9.17, 15) is 0 Å². The molecule has 2 nitrogen and oxygen atoms in total. The van der Waals surface area contributed by atoms with Crippen LogP contribution >= 0.6 is 0 Å². The Hall–Kier alpha value is -0.340. The van der Waals surface area contributed by atoms with Gasteiger partial charge in [-0.25, -0.2) is 5.90 Å². The highest BCUT2D eigenvalue weighted by atomic mass is 16.6. The second kappa shape index (κ2) is 5.33. The van der Waals surface area contributed by atoms with Gasteiger partial charge in [0.05, 0.1) is 6.61 Å². The molecule has 1 aliphatic carbocycles. The molecule has 64 valence electrons. The summed E-state index contributed by atoms with van der Waals surface area (Å²) in [6.07, 6.45) is 11.2. The van der Waals surface area contributed by atoms with E-state index in [1.807, 2.05) is 6.08 Å². The lowest BCUT2D eigenvalue weighted by Gasteiger charge is -2.17. The van der Waals surface area contributed by atoms with Crippen LogP contribution < -0.4 is 5.90 Å². The average Bonchev–Trinajstić information content (AvgIpc) is 2.07. The van der Waals surface area contributed by atoms with E-state index >= 15 is 0 Å². The molecule has 0 spiro atoms. The average molecular weight is 155 g/mol. The van der Waals surface area contributed by atoms with Gasteiger partial charge in [0.2, 0.25) is 0 Å². The van der Waals surface area contributed by atoms with Gasteiger partial charge in [-0.2, -0.15) is 0 Å². The van der Waals surface area contributed by atoms with E-state index in [0.717, 1.165) is 5.92 Å². The van der Waals surface area contributed by atoms with Crippen molar-refractivity contribution in [3.8, 4) is 0 Å². The molecule has 0 saturated heterocycles. The Kier molecular flexibility index (Phi) is 4.24. The SMILES string of the molecule is NOC/C=C/C1CCCCC1. The molecule has 0 aromatic heterocycles. The molecule has 0 amide bonds. The largest absolute Gasteiger partial charge is 0.300 e. The minimum atomic E-state index is 0.552. The molecular weight excluding hydrogens is 138 g/mol. The van der Waals surface area contributed by atoms with Gasteiger partial charge in [0.15, 0.2) is 0 Å². The van der Waals surface area contributed by atoms with Gasteiger partial charge in [-0.1, -0.05) is 31.4 Å². The molecule has 0 aromatic rings. The first-order valence-electron chi connectivity index (χ1n) is 4.42. The van der Waals surface area contributed by atoms with E-state index in [4.69, 9.17) is 5.90 Å². The lowest BCUT2D eigenvalue weighted by atomic mass is 9.89. The Labute approximate surface area is 68.4 Å². The summed E-state index contributed by atoms with van der Waals surface area (Å²) < 4.78 is 0. The highest BCUT2D eigenvalue weighted by Gasteiger charge is 2.08. The Morgan fingerprint density at radius 3 is 2.64 bits per heavy atom. The van der Waals surface area contributed by atoms with Crippen molar-refractivity contribution in [2.24, 2.45) is 11.8 Å². The van der Waals surface area contributed by atoms with E-state index in [1.54, 1.807) is 0 Å². The summed E-state index contributed by atoms with van der Waals surface area (Å²) in [5.74, 6) is 5.68. The van der Waals surface area contributed by atoms with Crippen LogP contribution in [-0.2, 0) is 4.84 Å². The third-order valence-electron chi connectivity index (χ3n) is 2.25. The normalized spacial score (nSPS) is 21.2. The Balaban J connectivity index is 2.13. The van der Waals surface area contributed by atoms with Crippen LogP contribution in [0.3, 0.4) is 0 Å². The molecule has 0 heterocycles. The van der Waals surface area contributed by atoms with Gasteiger partial charge in [-0.15, -0.1) is 0 Å². The Morgan fingerprint density at radius 1 is 1.27 bits per heavy atom. The highest BCUT2D eigenvalue weighted by molar-refractivity contribution is 4.89. The lowest BCUT2D eigenvalue weighted by molar-refractivity contribution is 0.167. The van der Waals surface area contributed by atoms with E-state index in [-0.39, 0.29) is 0 Å². The number of allylic oxidation sites excluding steroid dienone is 1. The molecule has 1 saturated carbocycles. The first-order valence-corrected chi connectivity index (χ1v) is 4.42. The summed E-state index contributed by atoms with van der Waals surface area (Å²) in [5, 5.41) is 0. The Morgan fingerprint density at radius 2 is 2.00 bits per heavy atom. The standard InChI is InChI=1S/C9H17NO/c10-11-8-4-7-9-5-2-1-3-6-9/h4,7,9H,1-3,5-6,8,10H2/b7-4+. The van der Waals surface area contributed by atoms with Crippen molar-refractivity contribution < 1.29 is 4.84 Å². The molecule has 0 radical (unpaired) electrons. The third kappa shape index (κ3) is 3.54. The lowest BCUT2D eigenvalue weighted by Crippen LogP contribution is -2.04. The van der Waals surface area contributed by atoms with Gasteiger partial charge in [0.1, 0.15) is 0 Å². The molecule has 0 bridgehead atoms. The van der Waals surface area contributed by atoms with Crippen LogP contribution in [0.1, 0.15) is 32.1 Å². The van der Waals surface area contributed by atoms with E-state index in [1.165, 1.54) is 32.1 Å². The van der Waals surface area contributed by atoms with Gasteiger partial charge in [-0.3, -0.25) is 0 Å². The summed E-state index contributed by atoms with van der Waals surface area (Å²) in [6, 6.07) is 0. The van der Waals surface area contributed by atoms with Crippen molar-refractivity contribution in [1.29, 1.82) is 0 Å². The molecule has 0 aliphatic heterocycles. The van der Waals surface area contributed by atoms with Gasteiger partial charge < -0.3 is 4.84 Å². The summed E-state index contributed by atoms with van der Waals surface area (Å²) in [6.45, 7) is 0.552. The maximum atomic E-state index is 4.89. The number of rotatable bonds is 3. The van der Waals surface area contributed by atoms with E-state index in [0.29, 0.717) is 6.61 Å². The maximum Gasteiger partial charge on any atom is 0.0860 e. The summed E-state index contributed by atoms with van der Waals surface area (Å²) in [5.41, 5.74) is 0. The van der Waals surface area contributed by atoms with E-state index < -0.39 is 0 Å². The smallest absolute Gasteiger partial charge is 0.0860 e. The number of nitrogens with two attached hydrogens (primary N) is 1. The Bertz CT molecular complexity index is 117. The summed E-state index contributed by atoms with van der Waals surface area (Å²) in [4.78, 5) is 4.45. The van der Waals surface area contributed by atoms with Crippen LogP contribution in [0.15, 0.2) is 12.2 Å². The minimum Gasteiger partial charge on any atom is -0.300 e. The van der Waals surface area contributed by atoms with Gasteiger partial charge in [0, 0.05) is 0 Å². The van der Waals surface area contributed by atoms with Crippen molar-refractivity contribution in [2.75, 3.05) is 6.61 Å². The molecule has 2 N–H and O–H groups in total. The van der Waals surface area contributed by atoms with Crippen LogP contribution in [0.25, 0.3) is 0 Å². The molecule has 2 heteroatoms. The van der Waals surface area contributed by atoms with Gasteiger partial charge in [0.25, 0.3) is 0 Å². The number of hydrogen-bond acceptors (Lipinski definition) is 2. The van der Waals surface area contributed by atoms with Crippen LogP contribution in [0.4, 0.5) is 0 Å². The molecule has 1 rings (SSSR count). The van der Waals surface area contributed by atoms with Crippen molar-refractivity contribution in [1.82, 2.24) is 0 Å². The molecule has 1 fully saturated rings. The van der Waals surface area contributed by atoms with Gasteiger partial charge in [-0.05, 0) is 18.8 Å². The van der Waals surface area contributed by atoms with E-state index in [2.05, 4.69) is 10.9 Å². The van der Waals surface area contributed by atoms with Crippen LogP contribution in [0, 0.1) is 5.92 Å².